The van der Waals surface area contributed by atoms with Crippen molar-refractivity contribution in [3.05, 3.63) is 29.5 Å². The topological polar surface area (TPSA) is 103 Å². The summed E-state index contributed by atoms with van der Waals surface area (Å²) in [7, 11) is -1.82. The van der Waals surface area contributed by atoms with Crippen LogP contribution in [0.1, 0.15) is 39.2 Å². The molecule has 0 saturated carbocycles. The summed E-state index contributed by atoms with van der Waals surface area (Å²) in [6.07, 6.45) is 2.13. The van der Waals surface area contributed by atoms with Crippen LogP contribution in [0.15, 0.2) is 23.9 Å². The van der Waals surface area contributed by atoms with Gasteiger partial charge in [0.25, 0.3) is 0 Å². The van der Waals surface area contributed by atoms with Crippen LogP contribution in [-0.4, -0.2) is 72.8 Å². The fourth-order valence-corrected chi connectivity index (χ4v) is 5.20. The Balaban J connectivity index is 1.71. The molecule has 0 spiro atoms. The average molecular weight is 448 g/mol. The number of aromatic nitrogens is 1. The summed E-state index contributed by atoms with van der Waals surface area (Å²) in [6, 6.07) is 3.80. The van der Waals surface area contributed by atoms with Gasteiger partial charge in [0.1, 0.15) is 5.82 Å². The molecule has 2 aliphatic heterocycles. The molecule has 1 aromatic heterocycles. The number of anilines is 1. The van der Waals surface area contributed by atoms with E-state index in [9.17, 15) is 19.8 Å². The Hall–Kier alpha value is -2.39. The summed E-state index contributed by atoms with van der Waals surface area (Å²) < 4.78 is 6.55. The van der Waals surface area contributed by atoms with Crippen LogP contribution in [0.4, 0.5) is 10.6 Å². The van der Waals surface area contributed by atoms with E-state index >= 15 is 0 Å². The maximum atomic E-state index is 11.7. The molecular weight excluding hydrogens is 414 g/mol. The van der Waals surface area contributed by atoms with Crippen LogP contribution >= 0.6 is 0 Å². The van der Waals surface area contributed by atoms with Crippen LogP contribution in [0.5, 0.6) is 0 Å². The molecule has 1 aromatic rings. The van der Waals surface area contributed by atoms with Crippen LogP contribution in [0.25, 0.3) is 5.57 Å². The fraction of sp³-hybridized carbons (Fsp3) is 0.591. The number of amides is 1. The van der Waals surface area contributed by atoms with Gasteiger partial charge in [0, 0.05) is 25.8 Å². The molecule has 8 nitrogen and oxygen atoms in total. The van der Waals surface area contributed by atoms with E-state index in [0.29, 0.717) is 12.0 Å². The Labute approximate surface area is 184 Å². The van der Waals surface area contributed by atoms with Crippen LogP contribution in [0.3, 0.4) is 0 Å². The summed E-state index contributed by atoms with van der Waals surface area (Å²) >= 11 is 0. The van der Waals surface area contributed by atoms with Crippen molar-refractivity contribution in [1.29, 1.82) is 0 Å². The molecule has 9 heteroatoms. The first-order valence-corrected chi connectivity index (χ1v) is 13.6. The maximum absolute atomic E-state index is 11.7. The molecule has 170 valence electrons. The van der Waals surface area contributed by atoms with E-state index in [1.54, 1.807) is 6.20 Å². The number of carboxylic acids is 1. The monoisotopic (exact) mass is 447 g/mol. The summed E-state index contributed by atoms with van der Waals surface area (Å²) in [5.41, 5.74) is 1.51. The first kappa shape index (κ1) is 23.3. The molecule has 0 aliphatic carbocycles. The zero-order chi connectivity index (χ0) is 23.0. The van der Waals surface area contributed by atoms with Gasteiger partial charge in [-0.1, -0.05) is 20.8 Å². The van der Waals surface area contributed by atoms with Crippen molar-refractivity contribution in [3.63, 3.8) is 0 Å². The highest BCUT2D eigenvalue weighted by molar-refractivity contribution is 6.74. The van der Waals surface area contributed by atoms with Crippen LogP contribution in [-0.2, 0) is 9.22 Å². The summed E-state index contributed by atoms with van der Waals surface area (Å²) in [6.45, 7) is 13.1. The third-order valence-corrected chi connectivity index (χ3v) is 11.2. The fourth-order valence-electron chi connectivity index (χ4n) is 3.82. The second-order valence-corrected chi connectivity index (χ2v) is 14.6. The van der Waals surface area contributed by atoms with Gasteiger partial charge >= 0.3 is 12.1 Å². The lowest BCUT2D eigenvalue weighted by atomic mass is 9.94. The van der Waals surface area contributed by atoms with Crippen LogP contribution < -0.4 is 4.90 Å². The van der Waals surface area contributed by atoms with Crippen molar-refractivity contribution >= 4 is 31.8 Å². The number of hydrogen-bond acceptors (Lipinski definition) is 5. The third-order valence-electron chi connectivity index (χ3n) is 6.71. The smallest absolute Gasteiger partial charge is 0.407 e. The summed E-state index contributed by atoms with van der Waals surface area (Å²) in [5.74, 6) is -0.235. The van der Waals surface area contributed by atoms with Gasteiger partial charge in [-0.3, -0.25) is 0 Å². The minimum absolute atomic E-state index is 0.111. The average Bonchev–Trinajstić information content (AvgIpc) is 3.14. The van der Waals surface area contributed by atoms with Gasteiger partial charge in [-0.15, -0.1) is 0 Å². The largest absolute Gasteiger partial charge is 0.478 e. The molecule has 2 N–H and O–H groups in total. The number of carboxylic acid groups (broad SMARTS) is 2. The SMILES string of the molecule is CC(C)(C)[Si](C)(C)O[C@H]1CCN(c2ccc(C3=C(C(=O)O)CN(C(=O)O)CC3)cn2)C1. The number of hydrogen-bond donors (Lipinski definition) is 2. The highest BCUT2D eigenvalue weighted by atomic mass is 28.4. The van der Waals surface area contributed by atoms with Gasteiger partial charge in [-0.25, -0.2) is 14.6 Å². The standard InChI is InChI=1S/C22H33N3O5Si/c1-22(2,3)31(4,5)30-16-8-10-24(13-16)19-7-6-15(12-23-19)17-9-11-25(21(28)29)14-18(17)20(26)27/h6-7,12,16H,8-11,13-14H2,1-5H3,(H,26,27)(H,28,29)/t16-/m0/s1. The number of aliphatic carboxylic acids is 1. The Morgan fingerprint density at radius 1 is 1.19 bits per heavy atom. The van der Waals surface area contributed by atoms with Gasteiger partial charge in [-0.2, -0.15) is 0 Å². The van der Waals surface area contributed by atoms with Gasteiger partial charge < -0.3 is 24.4 Å². The minimum Gasteiger partial charge on any atom is -0.478 e. The molecule has 1 amide bonds. The van der Waals surface area contributed by atoms with E-state index in [1.807, 2.05) is 12.1 Å². The van der Waals surface area contributed by atoms with Gasteiger partial charge in [0.15, 0.2) is 8.32 Å². The van der Waals surface area contributed by atoms with E-state index in [0.717, 1.165) is 35.8 Å². The molecule has 31 heavy (non-hydrogen) atoms. The molecule has 0 unspecified atom stereocenters. The van der Waals surface area contributed by atoms with E-state index < -0.39 is 20.4 Å². The molecule has 1 atom stereocenters. The quantitative estimate of drug-likeness (QED) is 0.660. The Bertz CT molecular complexity index is 876. The lowest BCUT2D eigenvalue weighted by Gasteiger charge is -2.38. The number of pyridine rings is 1. The molecule has 0 aromatic carbocycles. The van der Waals surface area contributed by atoms with Crippen molar-refractivity contribution in [2.75, 3.05) is 31.1 Å². The zero-order valence-corrected chi connectivity index (χ0v) is 20.0. The van der Waals surface area contributed by atoms with Gasteiger partial charge in [-0.05, 0) is 54.2 Å². The van der Waals surface area contributed by atoms with Crippen LogP contribution in [0.2, 0.25) is 18.1 Å². The second-order valence-electron chi connectivity index (χ2n) is 9.86. The molecule has 1 saturated heterocycles. The van der Waals surface area contributed by atoms with Crippen molar-refractivity contribution < 1.29 is 24.2 Å². The number of rotatable bonds is 5. The predicted octanol–water partition coefficient (Wildman–Crippen LogP) is 3.90. The van der Waals surface area contributed by atoms with E-state index in [-0.39, 0.29) is 29.8 Å². The summed E-state index contributed by atoms with van der Waals surface area (Å²) in [4.78, 5) is 30.8. The normalized spacial score (nSPS) is 20.4. The van der Waals surface area contributed by atoms with Crippen molar-refractivity contribution in [2.24, 2.45) is 0 Å². The first-order chi connectivity index (χ1) is 14.4. The van der Waals surface area contributed by atoms with Gasteiger partial charge in [0.05, 0.1) is 18.2 Å². The summed E-state index contributed by atoms with van der Waals surface area (Å²) in [5, 5.41) is 18.9. The van der Waals surface area contributed by atoms with Crippen molar-refractivity contribution in [1.82, 2.24) is 9.88 Å². The molecule has 0 bridgehead atoms. The van der Waals surface area contributed by atoms with E-state index in [2.05, 4.69) is 43.7 Å². The Morgan fingerprint density at radius 3 is 2.45 bits per heavy atom. The highest BCUT2D eigenvalue weighted by Crippen LogP contribution is 2.38. The lowest BCUT2D eigenvalue weighted by Crippen LogP contribution is -2.44. The number of carbonyl (C=O) groups is 2. The van der Waals surface area contributed by atoms with E-state index in [1.165, 1.54) is 0 Å². The van der Waals surface area contributed by atoms with Crippen molar-refractivity contribution in [3.8, 4) is 0 Å². The van der Waals surface area contributed by atoms with Crippen molar-refractivity contribution in [2.45, 2.75) is 57.8 Å². The lowest BCUT2D eigenvalue weighted by molar-refractivity contribution is -0.132. The Kier molecular flexibility index (Phi) is 6.47. The predicted molar refractivity (Wildman–Crippen MR) is 122 cm³/mol. The third kappa shape index (κ3) is 5.09. The molecule has 1 fully saturated rings. The van der Waals surface area contributed by atoms with Crippen LogP contribution in [0, 0.1) is 0 Å². The number of nitrogens with zero attached hydrogens (tertiary/aromatic N) is 3. The maximum Gasteiger partial charge on any atom is 0.407 e. The van der Waals surface area contributed by atoms with Gasteiger partial charge in [0.2, 0.25) is 0 Å². The first-order valence-electron chi connectivity index (χ1n) is 10.7. The molecule has 0 radical (unpaired) electrons. The van der Waals surface area contributed by atoms with E-state index in [4.69, 9.17) is 4.43 Å². The molecule has 3 rings (SSSR count). The molecular formula is C22H33N3O5Si. The molecule has 2 aliphatic rings. The second kappa shape index (κ2) is 8.62. The Morgan fingerprint density at radius 2 is 1.90 bits per heavy atom. The molecule has 3 heterocycles. The highest BCUT2D eigenvalue weighted by Gasteiger charge is 2.40. The minimum atomic E-state index is -1.82. The zero-order valence-electron chi connectivity index (χ0n) is 19.0.